The second-order valence-electron chi connectivity index (χ2n) is 4.87. The topological polar surface area (TPSA) is 39.1 Å². The zero-order valence-electron chi connectivity index (χ0n) is 11.0. The van der Waals surface area contributed by atoms with Crippen LogP contribution in [0.4, 0.5) is 0 Å². The standard InChI is InChI=1S/C15H19N3O/c1-2-5-14(6-3-1)18-10-8-13(17-18)12-19-15-7-4-9-16-11-15/h1-3,5-6,8,10,15-16H,4,7,9,11-12H2. The van der Waals surface area contributed by atoms with Crippen molar-refractivity contribution in [1.29, 1.82) is 0 Å². The first kappa shape index (κ1) is 12.4. The van der Waals surface area contributed by atoms with Gasteiger partial charge in [-0.25, -0.2) is 4.68 Å². The van der Waals surface area contributed by atoms with Gasteiger partial charge in [-0.1, -0.05) is 18.2 Å². The van der Waals surface area contributed by atoms with Crippen molar-refractivity contribution in [3.8, 4) is 5.69 Å². The molecule has 1 N–H and O–H groups in total. The second kappa shape index (κ2) is 5.99. The van der Waals surface area contributed by atoms with Gasteiger partial charge in [0.15, 0.2) is 0 Å². The van der Waals surface area contributed by atoms with E-state index in [1.165, 1.54) is 6.42 Å². The third-order valence-electron chi connectivity index (χ3n) is 3.38. The fourth-order valence-electron chi connectivity index (χ4n) is 2.33. The molecule has 1 aromatic heterocycles. The summed E-state index contributed by atoms with van der Waals surface area (Å²) >= 11 is 0. The number of rotatable bonds is 4. The second-order valence-corrected chi connectivity index (χ2v) is 4.87. The van der Waals surface area contributed by atoms with Crippen molar-refractivity contribution in [3.63, 3.8) is 0 Å². The van der Waals surface area contributed by atoms with Crippen LogP contribution in [0.5, 0.6) is 0 Å². The van der Waals surface area contributed by atoms with E-state index in [2.05, 4.69) is 10.4 Å². The summed E-state index contributed by atoms with van der Waals surface area (Å²) in [6.07, 6.45) is 4.65. The number of aromatic nitrogens is 2. The third kappa shape index (κ3) is 3.22. The lowest BCUT2D eigenvalue weighted by Crippen LogP contribution is -2.35. The van der Waals surface area contributed by atoms with E-state index in [9.17, 15) is 0 Å². The first-order chi connectivity index (χ1) is 9.42. The van der Waals surface area contributed by atoms with Crippen LogP contribution in [0.15, 0.2) is 42.6 Å². The molecule has 1 unspecified atom stereocenters. The monoisotopic (exact) mass is 257 g/mol. The lowest BCUT2D eigenvalue weighted by molar-refractivity contribution is 0.0235. The van der Waals surface area contributed by atoms with Crippen LogP contribution in [0, 0.1) is 0 Å². The van der Waals surface area contributed by atoms with Gasteiger partial charge in [0, 0.05) is 12.7 Å². The van der Waals surface area contributed by atoms with E-state index < -0.39 is 0 Å². The Hall–Kier alpha value is -1.65. The van der Waals surface area contributed by atoms with Crippen LogP contribution in [0.1, 0.15) is 18.5 Å². The summed E-state index contributed by atoms with van der Waals surface area (Å²) in [6.45, 7) is 2.66. The minimum atomic E-state index is 0.329. The molecule has 19 heavy (non-hydrogen) atoms. The highest BCUT2D eigenvalue weighted by Crippen LogP contribution is 2.11. The molecule has 0 radical (unpaired) electrons. The van der Waals surface area contributed by atoms with Crippen molar-refractivity contribution >= 4 is 0 Å². The maximum Gasteiger partial charge on any atom is 0.0911 e. The minimum Gasteiger partial charge on any atom is -0.371 e. The molecule has 2 aromatic rings. The van der Waals surface area contributed by atoms with E-state index in [1.807, 2.05) is 47.3 Å². The van der Waals surface area contributed by atoms with Crippen molar-refractivity contribution < 1.29 is 4.74 Å². The lowest BCUT2D eigenvalue weighted by atomic mass is 10.1. The highest BCUT2D eigenvalue weighted by Gasteiger charge is 2.13. The molecule has 1 atom stereocenters. The van der Waals surface area contributed by atoms with Gasteiger partial charge in [0.2, 0.25) is 0 Å². The van der Waals surface area contributed by atoms with Gasteiger partial charge in [0.1, 0.15) is 0 Å². The number of hydrogen-bond acceptors (Lipinski definition) is 3. The molecular weight excluding hydrogens is 238 g/mol. The number of ether oxygens (including phenoxy) is 1. The Morgan fingerprint density at radius 3 is 2.95 bits per heavy atom. The zero-order valence-corrected chi connectivity index (χ0v) is 11.0. The number of nitrogens with one attached hydrogen (secondary N) is 1. The molecule has 1 aromatic carbocycles. The molecule has 0 saturated carbocycles. The van der Waals surface area contributed by atoms with E-state index >= 15 is 0 Å². The molecule has 2 heterocycles. The summed E-state index contributed by atoms with van der Waals surface area (Å²) in [5.74, 6) is 0. The molecule has 4 heteroatoms. The van der Waals surface area contributed by atoms with Crippen LogP contribution in [0.25, 0.3) is 5.69 Å². The lowest BCUT2D eigenvalue weighted by Gasteiger charge is -2.22. The van der Waals surface area contributed by atoms with Gasteiger partial charge in [0.25, 0.3) is 0 Å². The maximum absolute atomic E-state index is 5.88. The van der Waals surface area contributed by atoms with Gasteiger partial charge in [0.05, 0.1) is 24.1 Å². The molecular formula is C15H19N3O. The predicted molar refractivity (Wildman–Crippen MR) is 74.2 cm³/mol. The highest BCUT2D eigenvalue weighted by atomic mass is 16.5. The first-order valence-electron chi connectivity index (χ1n) is 6.84. The average molecular weight is 257 g/mol. The van der Waals surface area contributed by atoms with E-state index in [1.54, 1.807) is 0 Å². The SMILES string of the molecule is c1ccc(-n2ccc(COC3CCCNC3)n2)cc1. The Morgan fingerprint density at radius 2 is 2.16 bits per heavy atom. The maximum atomic E-state index is 5.88. The van der Waals surface area contributed by atoms with E-state index in [-0.39, 0.29) is 0 Å². The van der Waals surface area contributed by atoms with Gasteiger partial charge < -0.3 is 10.1 Å². The molecule has 4 nitrogen and oxygen atoms in total. The Balaban J connectivity index is 1.59. The Bertz CT molecular complexity index is 503. The molecule has 0 spiro atoms. The molecule has 1 aliphatic rings. The highest BCUT2D eigenvalue weighted by molar-refractivity contribution is 5.30. The van der Waals surface area contributed by atoms with Crippen LogP contribution >= 0.6 is 0 Å². The Morgan fingerprint density at radius 1 is 1.26 bits per heavy atom. The smallest absolute Gasteiger partial charge is 0.0911 e. The minimum absolute atomic E-state index is 0.329. The van der Waals surface area contributed by atoms with E-state index in [0.29, 0.717) is 12.7 Å². The summed E-state index contributed by atoms with van der Waals surface area (Å²) in [5.41, 5.74) is 2.06. The Labute approximate surface area is 113 Å². The summed E-state index contributed by atoms with van der Waals surface area (Å²) < 4.78 is 7.77. The molecule has 1 aliphatic heterocycles. The van der Waals surface area contributed by atoms with Gasteiger partial charge in [-0.2, -0.15) is 5.10 Å². The molecule has 1 saturated heterocycles. The predicted octanol–water partition coefficient (Wildman–Crippen LogP) is 2.14. The van der Waals surface area contributed by atoms with Crippen molar-refractivity contribution in [3.05, 3.63) is 48.3 Å². The van der Waals surface area contributed by atoms with E-state index in [4.69, 9.17) is 4.74 Å². The average Bonchev–Trinajstić information content (AvgIpc) is 2.96. The molecule has 1 fully saturated rings. The van der Waals surface area contributed by atoms with Gasteiger partial charge in [-0.05, 0) is 37.6 Å². The number of para-hydroxylation sites is 1. The summed E-state index contributed by atoms with van der Waals surface area (Å²) in [6, 6.07) is 12.1. The van der Waals surface area contributed by atoms with Crippen molar-refractivity contribution in [1.82, 2.24) is 15.1 Å². The third-order valence-corrected chi connectivity index (χ3v) is 3.38. The van der Waals surface area contributed by atoms with Crippen LogP contribution in [-0.4, -0.2) is 29.0 Å². The van der Waals surface area contributed by atoms with Gasteiger partial charge in [-0.3, -0.25) is 0 Å². The van der Waals surface area contributed by atoms with Crippen LogP contribution in [0.2, 0.25) is 0 Å². The van der Waals surface area contributed by atoms with Gasteiger partial charge >= 0.3 is 0 Å². The van der Waals surface area contributed by atoms with Crippen molar-refractivity contribution in [2.45, 2.75) is 25.6 Å². The molecule has 3 rings (SSSR count). The van der Waals surface area contributed by atoms with E-state index in [0.717, 1.165) is 30.9 Å². The zero-order chi connectivity index (χ0) is 12.9. The van der Waals surface area contributed by atoms with Crippen molar-refractivity contribution in [2.75, 3.05) is 13.1 Å². The number of piperidine rings is 1. The van der Waals surface area contributed by atoms with Crippen LogP contribution < -0.4 is 5.32 Å². The van der Waals surface area contributed by atoms with Crippen LogP contribution in [-0.2, 0) is 11.3 Å². The summed E-state index contributed by atoms with van der Waals surface area (Å²) in [7, 11) is 0. The quantitative estimate of drug-likeness (QED) is 0.912. The fourth-order valence-corrected chi connectivity index (χ4v) is 2.33. The normalized spacial score (nSPS) is 19.5. The summed E-state index contributed by atoms with van der Waals surface area (Å²) in [4.78, 5) is 0. The van der Waals surface area contributed by atoms with Gasteiger partial charge in [-0.15, -0.1) is 0 Å². The van der Waals surface area contributed by atoms with Crippen molar-refractivity contribution in [2.24, 2.45) is 0 Å². The number of nitrogens with zero attached hydrogens (tertiary/aromatic N) is 2. The molecule has 0 bridgehead atoms. The molecule has 100 valence electrons. The largest absolute Gasteiger partial charge is 0.371 e. The summed E-state index contributed by atoms with van der Waals surface area (Å²) in [5, 5.41) is 7.89. The molecule has 0 amide bonds. The number of hydrogen-bond donors (Lipinski definition) is 1. The van der Waals surface area contributed by atoms with Crippen LogP contribution in [0.3, 0.4) is 0 Å². The fraction of sp³-hybridized carbons (Fsp3) is 0.400. The number of benzene rings is 1. The Kier molecular flexibility index (Phi) is 3.91. The first-order valence-corrected chi connectivity index (χ1v) is 6.84. The molecule has 0 aliphatic carbocycles.